The number of aliphatic hydroxyl groups is 2. The highest BCUT2D eigenvalue weighted by molar-refractivity contribution is 6.63. The number of carbonyl (C=O) groups excluding carboxylic acids is 5. The van der Waals surface area contributed by atoms with Crippen molar-refractivity contribution in [2.45, 2.75) is 429 Å². The van der Waals surface area contributed by atoms with Crippen molar-refractivity contribution < 1.29 is 80.5 Å². The van der Waals surface area contributed by atoms with Crippen LogP contribution in [0.5, 0.6) is 0 Å². The maximum absolute atomic E-state index is 14.1. The van der Waals surface area contributed by atoms with Crippen LogP contribution in [0.2, 0.25) is 0 Å². The van der Waals surface area contributed by atoms with Crippen LogP contribution in [0.25, 0.3) is 33.5 Å². The molecule has 0 spiro atoms. The SMILES string of the molecule is C#C[C@]1(CO)O[C@@H](n2cnc3c(N)nc(F)nc32)C[C@@H]1O.C#C[C@]1(COC(=O)CCCCCCCCCCC)O[C@@H](n2cnc3c(N)nc(F)nc32)C[C@@H]1OC(=O)CCCCCCCCCCC.C#C[C@]1(COC(=O)CCCCCCCCCCC)O[C@@H](n2cnc3c(N)nc(F)nc32)C[C@@H]1OC(=O)CCCCCCCCCCC.CCCCCCCCCCCC(=O)Cl. The molecule has 6 aromatic heterocycles. The molecule has 3 aliphatic heterocycles. The van der Waals surface area contributed by atoms with Crippen LogP contribution in [-0.4, -0.2) is 153 Å². The van der Waals surface area contributed by atoms with Crippen LogP contribution in [0.3, 0.4) is 0 Å². The topological polar surface area (TPSA) is 399 Å². The van der Waals surface area contributed by atoms with Gasteiger partial charge in [0.25, 0.3) is 0 Å². The summed E-state index contributed by atoms with van der Waals surface area (Å²) >= 11 is 5.24. The molecule has 33 heteroatoms. The smallest absolute Gasteiger partial charge is 0.312 e. The second-order valence-corrected chi connectivity index (χ2v) is 34.8. The molecule has 0 bridgehead atoms. The molecular weight excluding hydrogens is 1680 g/mol. The molecule has 0 amide bonds. The molecule has 8 N–H and O–H groups in total. The molecule has 718 valence electrons. The summed E-state index contributed by atoms with van der Waals surface area (Å²) in [6.07, 6.45) is 67.5. The molecule has 29 nitrogen and oxygen atoms in total. The van der Waals surface area contributed by atoms with Crippen molar-refractivity contribution in [2.75, 3.05) is 37.0 Å². The predicted molar refractivity (Wildman–Crippen MR) is 493 cm³/mol. The van der Waals surface area contributed by atoms with Gasteiger partial charge in [-0.2, -0.15) is 43.1 Å². The Balaban J connectivity index is 0.000000291. The molecule has 9 atom stereocenters. The van der Waals surface area contributed by atoms with E-state index >= 15 is 0 Å². The molecule has 9 heterocycles. The Bertz CT molecular complexity index is 4230. The summed E-state index contributed by atoms with van der Waals surface area (Å²) in [5.74, 6) is 5.62. The number of terminal acetylenes is 3. The first-order valence-electron chi connectivity index (χ1n) is 48.0. The molecule has 129 heavy (non-hydrogen) atoms. The number of imidazole rings is 3. The molecule has 0 saturated carbocycles. The number of nitrogens with zero attached hydrogens (tertiary/aromatic N) is 12. The lowest BCUT2D eigenvalue weighted by Gasteiger charge is -2.28. The van der Waals surface area contributed by atoms with E-state index in [0.29, 0.717) is 19.3 Å². The number of ether oxygens (including phenoxy) is 7. The molecule has 3 aliphatic rings. The van der Waals surface area contributed by atoms with Gasteiger partial charge >= 0.3 is 42.1 Å². The van der Waals surface area contributed by atoms with E-state index in [2.05, 4.69) is 97.2 Å². The molecular formula is C96H147ClF3N15O14. The van der Waals surface area contributed by atoms with E-state index in [-0.39, 0.29) is 126 Å². The predicted octanol–water partition coefficient (Wildman–Crippen LogP) is 20.1. The second-order valence-electron chi connectivity index (χ2n) is 34.3. The largest absolute Gasteiger partial charge is 0.461 e. The maximum Gasteiger partial charge on any atom is 0.312 e. The van der Waals surface area contributed by atoms with Gasteiger partial charge in [-0.1, -0.05) is 309 Å². The van der Waals surface area contributed by atoms with Gasteiger partial charge < -0.3 is 60.6 Å². The quantitative estimate of drug-likeness (QED) is 0.00591. The number of aromatic nitrogens is 12. The highest BCUT2D eigenvalue weighted by Crippen LogP contribution is 2.44. The van der Waals surface area contributed by atoms with Crippen LogP contribution < -0.4 is 17.2 Å². The Hall–Kier alpha value is -8.84. The fourth-order valence-electron chi connectivity index (χ4n) is 16.2. The van der Waals surface area contributed by atoms with Gasteiger partial charge in [-0.05, 0) is 43.7 Å². The van der Waals surface area contributed by atoms with E-state index in [0.717, 1.165) is 89.9 Å². The first-order chi connectivity index (χ1) is 62.4. The van der Waals surface area contributed by atoms with Gasteiger partial charge in [0, 0.05) is 51.4 Å². The first kappa shape index (κ1) is 109. The van der Waals surface area contributed by atoms with E-state index in [4.69, 9.17) is 81.2 Å². The van der Waals surface area contributed by atoms with E-state index in [1.165, 1.54) is 219 Å². The molecule has 6 aromatic rings. The summed E-state index contributed by atoms with van der Waals surface area (Å²) in [5.41, 5.74) is 13.7. The van der Waals surface area contributed by atoms with Crippen LogP contribution in [0, 0.1) is 55.3 Å². The highest BCUT2D eigenvalue weighted by atomic mass is 35.5. The summed E-state index contributed by atoms with van der Waals surface area (Å²) in [6, 6.07) is 0. The molecule has 0 aromatic carbocycles. The number of hydrogen-bond acceptors (Lipinski definition) is 26. The molecule has 0 aliphatic carbocycles. The minimum absolute atomic E-state index is 0.0971. The van der Waals surface area contributed by atoms with Gasteiger partial charge in [0.2, 0.25) is 16.4 Å². The number of unbranched alkanes of at least 4 members (excludes halogenated alkanes) is 40. The lowest BCUT2D eigenvalue weighted by Crippen LogP contribution is -2.45. The summed E-state index contributed by atoms with van der Waals surface area (Å²) in [4.78, 5) is 96.0. The molecule has 0 radical (unpaired) electrons. The molecule has 3 fully saturated rings. The summed E-state index contributed by atoms with van der Waals surface area (Å²) in [7, 11) is 0. The van der Waals surface area contributed by atoms with Crippen molar-refractivity contribution >= 4 is 91.7 Å². The number of aliphatic hydroxyl groups excluding tert-OH is 2. The van der Waals surface area contributed by atoms with Crippen LogP contribution in [0.15, 0.2) is 19.0 Å². The van der Waals surface area contributed by atoms with Gasteiger partial charge in [-0.15, -0.1) is 19.3 Å². The van der Waals surface area contributed by atoms with E-state index in [9.17, 15) is 47.4 Å². The lowest BCUT2D eigenvalue weighted by atomic mass is 9.98. The van der Waals surface area contributed by atoms with Gasteiger partial charge in [0.05, 0.1) is 25.6 Å². The summed E-state index contributed by atoms with van der Waals surface area (Å²) < 4.78 is 87.0. The Morgan fingerprint density at radius 3 is 0.884 bits per heavy atom. The summed E-state index contributed by atoms with van der Waals surface area (Å²) in [5, 5.41) is 19.2. The van der Waals surface area contributed by atoms with Crippen LogP contribution >= 0.6 is 11.6 Å². The summed E-state index contributed by atoms with van der Waals surface area (Å²) in [6.45, 7) is 9.97. The van der Waals surface area contributed by atoms with Gasteiger partial charge in [-0.3, -0.25) is 37.7 Å². The number of nitrogen functional groups attached to an aromatic ring is 3. The Labute approximate surface area is 766 Å². The van der Waals surface area contributed by atoms with Gasteiger partial charge in [0.15, 0.2) is 56.5 Å². The fraction of sp³-hybridized carbons (Fsp3) is 0.729. The number of hydrogen-bond donors (Lipinski definition) is 5. The zero-order valence-corrected chi connectivity index (χ0v) is 78.2. The van der Waals surface area contributed by atoms with Gasteiger partial charge in [0.1, 0.15) is 50.2 Å². The number of nitrogens with two attached hydrogens (primary N) is 3. The Kier molecular flexibility index (Phi) is 51.5. The van der Waals surface area contributed by atoms with E-state index in [1.807, 2.05) is 0 Å². The van der Waals surface area contributed by atoms with Crippen LogP contribution in [0.1, 0.15) is 394 Å². The van der Waals surface area contributed by atoms with Gasteiger partial charge in [-0.25, -0.2) is 15.0 Å². The van der Waals surface area contributed by atoms with E-state index < -0.39 is 90.6 Å². The maximum atomic E-state index is 14.1. The minimum Gasteiger partial charge on any atom is -0.461 e. The number of halogens is 4. The van der Waals surface area contributed by atoms with E-state index in [1.54, 1.807) is 0 Å². The average Bonchev–Trinajstić information content (AvgIpc) is 1.62. The number of fused-ring (bicyclic) bond motifs is 3. The molecule has 0 unspecified atom stereocenters. The highest BCUT2D eigenvalue weighted by Gasteiger charge is 2.54. The standard InChI is InChI=1S/2C36H56FN5O5.C12H23ClO.C12H12FN5O3/c2*1-4-7-9-11-13-15-17-19-21-23-30(43)45-26-36(6-3)28(46-31(44)24-22-20-18-16-14-12-10-8-5-2)25-29(47-36)42-27-39-32-33(38)40-35(37)41-34(32)42;1-2-3-4-5-6-7-8-9-10-11-12(13)14;1-2-12(4-19)6(20)3-7(21-12)18-5-15-8-9(14)16-11(13)17-10(8)18/h2*3,27-29H,4-5,7-26H2,1-2H3,(H2,38,40,41);2-11H2,1H3;1,5-7,19-20H,3-4H2,(H2,14,16,17)/t2*28-,29+,36+;;6-,7+,12+/m00.0/s1. The third kappa shape index (κ3) is 37.0. The number of rotatable bonds is 60. The number of anilines is 3. The van der Waals surface area contributed by atoms with Crippen LogP contribution in [0.4, 0.5) is 30.6 Å². The van der Waals surface area contributed by atoms with Crippen molar-refractivity contribution in [3.05, 3.63) is 37.2 Å². The van der Waals surface area contributed by atoms with Crippen molar-refractivity contribution in [1.82, 2.24) is 58.6 Å². The Morgan fingerprint density at radius 2 is 0.636 bits per heavy atom. The van der Waals surface area contributed by atoms with Crippen LogP contribution in [-0.2, 0) is 57.1 Å². The third-order valence-electron chi connectivity index (χ3n) is 23.9. The Morgan fingerprint density at radius 1 is 0.395 bits per heavy atom. The molecule has 3 saturated heterocycles. The molecule has 9 rings (SSSR count). The second kappa shape index (κ2) is 61.0. The third-order valence-corrected chi connectivity index (χ3v) is 24.1. The zero-order valence-electron chi connectivity index (χ0n) is 77.4. The fourth-order valence-corrected chi connectivity index (χ4v) is 16.3. The minimum atomic E-state index is -1.54. The van der Waals surface area contributed by atoms with Crippen molar-refractivity contribution in [3.63, 3.8) is 0 Å². The first-order valence-corrected chi connectivity index (χ1v) is 48.4. The monoisotopic (exact) mass is 1830 g/mol. The number of carbonyl (C=O) groups is 5. The lowest BCUT2D eigenvalue weighted by molar-refractivity contribution is -0.168. The van der Waals surface area contributed by atoms with Crippen molar-refractivity contribution in [1.29, 1.82) is 0 Å². The van der Waals surface area contributed by atoms with Crippen molar-refractivity contribution in [3.8, 4) is 37.0 Å². The number of esters is 4. The average molecular weight is 1830 g/mol. The van der Waals surface area contributed by atoms with Crippen molar-refractivity contribution in [2.24, 2.45) is 0 Å². The zero-order chi connectivity index (χ0) is 93.7. The normalized spacial score (nSPS) is 19.8.